The molecule has 0 saturated carbocycles. The van der Waals surface area contributed by atoms with E-state index in [0.29, 0.717) is 12.4 Å². The first kappa shape index (κ1) is 15.7. The molecule has 0 spiro atoms. The van der Waals surface area contributed by atoms with Crippen molar-refractivity contribution < 1.29 is 9.59 Å². The molecule has 2 amide bonds. The molecular formula is C17H16BrN3O2. The minimum Gasteiger partial charge on any atom is -0.312 e. The highest BCUT2D eigenvalue weighted by molar-refractivity contribution is 9.10. The van der Waals surface area contributed by atoms with Crippen molar-refractivity contribution in [1.82, 2.24) is 4.98 Å². The van der Waals surface area contributed by atoms with Gasteiger partial charge < -0.3 is 10.2 Å². The molecule has 2 heterocycles. The van der Waals surface area contributed by atoms with Crippen LogP contribution in [0.4, 0.5) is 11.5 Å². The number of halogens is 1. The summed E-state index contributed by atoms with van der Waals surface area (Å²) in [6.07, 6.45) is 0.212. The Kier molecular flexibility index (Phi) is 4.43. The van der Waals surface area contributed by atoms with Gasteiger partial charge in [0, 0.05) is 28.8 Å². The molecule has 1 atom stereocenters. The largest absolute Gasteiger partial charge is 0.312 e. The van der Waals surface area contributed by atoms with Crippen molar-refractivity contribution in [2.75, 3.05) is 16.8 Å². The SMILES string of the molecule is Cc1cccc(NC(=O)[C@@H]2CC(=O)N(c3cccc(Br)c3)C2)n1. The van der Waals surface area contributed by atoms with E-state index in [2.05, 4.69) is 26.2 Å². The van der Waals surface area contributed by atoms with Crippen LogP contribution in [0.25, 0.3) is 0 Å². The van der Waals surface area contributed by atoms with E-state index in [1.54, 1.807) is 11.0 Å². The maximum absolute atomic E-state index is 12.4. The predicted molar refractivity (Wildman–Crippen MR) is 92.2 cm³/mol. The van der Waals surface area contributed by atoms with E-state index in [1.165, 1.54) is 0 Å². The van der Waals surface area contributed by atoms with Gasteiger partial charge in [0.25, 0.3) is 0 Å². The average molecular weight is 374 g/mol. The number of hydrogen-bond acceptors (Lipinski definition) is 3. The Hall–Kier alpha value is -2.21. The molecule has 1 aliphatic rings. The molecule has 1 N–H and O–H groups in total. The van der Waals surface area contributed by atoms with Crippen LogP contribution in [0.1, 0.15) is 12.1 Å². The lowest BCUT2D eigenvalue weighted by Crippen LogP contribution is -2.28. The van der Waals surface area contributed by atoms with E-state index >= 15 is 0 Å². The molecule has 6 heteroatoms. The molecule has 0 aliphatic carbocycles. The van der Waals surface area contributed by atoms with Crippen LogP contribution in [0, 0.1) is 12.8 Å². The molecule has 1 aliphatic heterocycles. The van der Waals surface area contributed by atoms with Gasteiger partial charge in [0.15, 0.2) is 0 Å². The average Bonchev–Trinajstić information content (AvgIpc) is 2.89. The predicted octanol–water partition coefficient (Wildman–Crippen LogP) is 3.14. The third-order valence-electron chi connectivity index (χ3n) is 3.76. The number of hydrogen-bond donors (Lipinski definition) is 1. The fourth-order valence-electron chi connectivity index (χ4n) is 2.62. The van der Waals surface area contributed by atoms with Gasteiger partial charge in [-0.2, -0.15) is 0 Å². The van der Waals surface area contributed by atoms with Crippen LogP contribution in [0.15, 0.2) is 46.9 Å². The molecule has 0 radical (unpaired) electrons. The molecule has 2 aromatic rings. The summed E-state index contributed by atoms with van der Waals surface area (Å²) in [6, 6.07) is 13.0. The van der Waals surface area contributed by atoms with Crippen LogP contribution < -0.4 is 10.2 Å². The Balaban J connectivity index is 1.70. The summed E-state index contributed by atoms with van der Waals surface area (Å²) in [4.78, 5) is 30.5. The highest BCUT2D eigenvalue weighted by Gasteiger charge is 2.35. The molecule has 23 heavy (non-hydrogen) atoms. The van der Waals surface area contributed by atoms with Gasteiger partial charge in [-0.3, -0.25) is 9.59 Å². The third kappa shape index (κ3) is 3.59. The standard InChI is InChI=1S/C17H16BrN3O2/c1-11-4-2-7-15(19-11)20-17(23)12-8-16(22)21(10-12)14-6-3-5-13(18)9-14/h2-7,9,12H,8,10H2,1H3,(H,19,20,23)/t12-/m1/s1. The van der Waals surface area contributed by atoms with E-state index in [4.69, 9.17) is 0 Å². The van der Waals surface area contributed by atoms with Gasteiger partial charge in [0.05, 0.1) is 5.92 Å². The van der Waals surface area contributed by atoms with Crippen molar-refractivity contribution in [3.63, 3.8) is 0 Å². The van der Waals surface area contributed by atoms with Gasteiger partial charge in [0.2, 0.25) is 11.8 Å². The zero-order valence-corrected chi connectivity index (χ0v) is 14.2. The number of rotatable bonds is 3. The lowest BCUT2D eigenvalue weighted by molar-refractivity contribution is -0.122. The molecule has 5 nitrogen and oxygen atoms in total. The van der Waals surface area contributed by atoms with Crippen LogP contribution in [0.3, 0.4) is 0 Å². The maximum atomic E-state index is 12.4. The zero-order chi connectivity index (χ0) is 16.4. The molecule has 1 aromatic carbocycles. The van der Waals surface area contributed by atoms with E-state index in [0.717, 1.165) is 15.9 Å². The van der Waals surface area contributed by atoms with Crippen molar-refractivity contribution in [2.24, 2.45) is 5.92 Å². The lowest BCUT2D eigenvalue weighted by Gasteiger charge is -2.17. The van der Waals surface area contributed by atoms with Crippen molar-refractivity contribution >= 4 is 39.2 Å². The monoisotopic (exact) mass is 373 g/mol. The normalized spacial score (nSPS) is 17.4. The Labute approximate surface area is 142 Å². The number of carbonyl (C=O) groups excluding carboxylic acids is 2. The quantitative estimate of drug-likeness (QED) is 0.898. The minimum atomic E-state index is -0.371. The first-order valence-corrected chi connectivity index (χ1v) is 8.12. The zero-order valence-electron chi connectivity index (χ0n) is 12.6. The number of carbonyl (C=O) groups is 2. The number of nitrogens with zero attached hydrogens (tertiary/aromatic N) is 2. The highest BCUT2D eigenvalue weighted by atomic mass is 79.9. The van der Waals surface area contributed by atoms with Gasteiger partial charge in [-0.15, -0.1) is 0 Å². The van der Waals surface area contributed by atoms with Crippen molar-refractivity contribution in [3.05, 3.63) is 52.6 Å². The minimum absolute atomic E-state index is 0.0412. The number of benzene rings is 1. The molecule has 1 saturated heterocycles. The summed E-state index contributed by atoms with van der Waals surface area (Å²) in [5.74, 6) is -0.0680. The number of aryl methyl sites for hydroxylation is 1. The number of anilines is 2. The van der Waals surface area contributed by atoms with Crippen LogP contribution in [-0.2, 0) is 9.59 Å². The van der Waals surface area contributed by atoms with E-state index in [9.17, 15) is 9.59 Å². The fraction of sp³-hybridized carbons (Fsp3) is 0.235. The lowest BCUT2D eigenvalue weighted by atomic mass is 10.1. The maximum Gasteiger partial charge on any atom is 0.230 e. The second kappa shape index (κ2) is 6.50. The summed E-state index contributed by atoms with van der Waals surface area (Å²) in [5.41, 5.74) is 1.63. The van der Waals surface area contributed by atoms with Crippen LogP contribution in [-0.4, -0.2) is 23.3 Å². The van der Waals surface area contributed by atoms with E-state index in [1.807, 2.05) is 43.3 Å². The van der Waals surface area contributed by atoms with Gasteiger partial charge in [0.1, 0.15) is 5.82 Å². The topological polar surface area (TPSA) is 62.3 Å². The summed E-state index contributed by atoms with van der Waals surface area (Å²) >= 11 is 3.40. The van der Waals surface area contributed by atoms with Crippen molar-refractivity contribution in [2.45, 2.75) is 13.3 Å². The molecule has 1 fully saturated rings. The summed E-state index contributed by atoms with van der Waals surface area (Å²) in [7, 11) is 0. The second-order valence-corrected chi connectivity index (χ2v) is 6.45. The number of amides is 2. The van der Waals surface area contributed by atoms with Gasteiger partial charge in [-0.05, 0) is 37.3 Å². The Morgan fingerprint density at radius 2 is 2.09 bits per heavy atom. The Morgan fingerprint density at radius 1 is 1.30 bits per heavy atom. The van der Waals surface area contributed by atoms with Crippen LogP contribution in [0.2, 0.25) is 0 Å². The molecule has 0 unspecified atom stereocenters. The third-order valence-corrected chi connectivity index (χ3v) is 4.25. The Bertz CT molecular complexity index is 763. The molecular weight excluding hydrogens is 358 g/mol. The van der Waals surface area contributed by atoms with Gasteiger partial charge in [-0.1, -0.05) is 28.1 Å². The number of nitrogens with one attached hydrogen (secondary N) is 1. The molecule has 0 bridgehead atoms. The molecule has 3 rings (SSSR count). The van der Waals surface area contributed by atoms with Crippen LogP contribution >= 0.6 is 15.9 Å². The molecule has 1 aromatic heterocycles. The highest BCUT2D eigenvalue weighted by Crippen LogP contribution is 2.27. The second-order valence-electron chi connectivity index (χ2n) is 5.54. The summed E-state index contributed by atoms with van der Waals surface area (Å²) in [5, 5.41) is 2.79. The van der Waals surface area contributed by atoms with Crippen molar-refractivity contribution in [3.8, 4) is 0 Å². The first-order chi connectivity index (χ1) is 11.0. The van der Waals surface area contributed by atoms with Crippen LogP contribution in [0.5, 0.6) is 0 Å². The van der Waals surface area contributed by atoms with E-state index in [-0.39, 0.29) is 24.2 Å². The van der Waals surface area contributed by atoms with Gasteiger partial charge in [-0.25, -0.2) is 4.98 Å². The van der Waals surface area contributed by atoms with Gasteiger partial charge >= 0.3 is 0 Å². The summed E-state index contributed by atoms with van der Waals surface area (Å²) in [6.45, 7) is 2.25. The fourth-order valence-corrected chi connectivity index (χ4v) is 3.00. The number of aromatic nitrogens is 1. The van der Waals surface area contributed by atoms with E-state index < -0.39 is 0 Å². The first-order valence-electron chi connectivity index (χ1n) is 7.33. The smallest absolute Gasteiger partial charge is 0.230 e. The summed E-state index contributed by atoms with van der Waals surface area (Å²) < 4.78 is 0.902. The number of pyridine rings is 1. The van der Waals surface area contributed by atoms with Crippen molar-refractivity contribution in [1.29, 1.82) is 0 Å². The molecule has 118 valence electrons. The Morgan fingerprint density at radius 3 is 2.83 bits per heavy atom.